The van der Waals surface area contributed by atoms with Crippen molar-refractivity contribution in [2.75, 3.05) is 37.9 Å². The van der Waals surface area contributed by atoms with Crippen LogP contribution in [0.15, 0.2) is 0 Å². The summed E-state index contributed by atoms with van der Waals surface area (Å²) in [5, 5.41) is 0. The Balaban J connectivity index is 2.02. The molecule has 0 N–H and O–H groups in total. The summed E-state index contributed by atoms with van der Waals surface area (Å²) in [7, 11) is 0. The summed E-state index contributed by atoms with van der Waals surface area (Å²) in [6, 6.07) is 0. The third-order valence-corrected chi connectivity index (χ3v) is 2.54. The highest BCUT2D eigenvalue weighted by Gasteiger charge is 2.08. The fourth-order valence-electron chi connectivity index (χ4n) is 0.951. The van der Waals surface area contributed by atoms with E-state index in [-0.39, 0.29) is 0 Å². The van der Waals surface area contributed by atoms with Gasteiger partial charge in [-0.3, -0.25) is 4.90 Å². The first-order valence-corrected chi connectivity index (χ1v) is 4.97. The van der Waals surface area contributed by atoms with Gasteiger partial charge in [0.05, 0.1) is 13.2 Å². The number of nitrogens with zero attached hydrogens (tertiary/aromatic N) is 1. The molecule has 1 heterocycles. The molecular weight excluding hydrogens is 146 g/mol. The molecule has 1 saturated heterocycles. The third kappa shape index (κ3) is 2.90. The average molecular weight is 161 g/mol. The topological polar surface area (TPSA) is 12.5 Å². The van der Waals surface area contributed by atoms with Crippen LogP contribution in [-0.2, 0) is 4.74 Å². The molecule has 1 aliphatic rings. The molecule has 10 heavy (non-hydrogen) atoms. The van der Waals surface area contributed by atoms with Gasteiger partial charge >= 0.3 is 0 Å². The van der Waals surface area contributed by atoms with Crippen molar-refractivity contribution in [1.29, 1.82) is 0 Å². The molecule has 0 saturated carbocycles. The molecule has 1 rings (SSSR count). The SMILES string of the molecule is CCSCN1CCOCC1. The first-order valence-electron chi connectivity index (χ1n) is 3.81. The first kappa shape index (κ1) is 8.37. The summed E-state index contributed by atoms with van der Waals surface area (Å²) in [4.78, 5) is 2.44. The second-order valence-electron chi connectivity index (χ2n) is 2.35. The molecule has 1 fully saturated rings. The van der Waals surface area contributed by atoms with Gasteiger partial charge in [0.25, 0.3) is 0 Å². The largest absolute Gasteiger partial charge is 0.379 e. The number of rotatable bonds is 3. The van der Waals surface area contributed by atoms with E-state index >= 15 is 0 Å². The number of ether oxygens (including phenoxy) is 1. The van der Waals surface area contributed by atoms with Gasteiger partial charge in [-0.05, 0) is 5.75 Å². The molecule has 0 aromatic carbocycles. The van der Waals surface area contributed by atoms with Crippen molar-refractivity contribution in [2.45, 2.75) is 6.92 Å². The van der Waals surface area contributed by atoms with Crippen LogP contribution in [0.5, 0.6) is 0 Å². The lowest BCUT2D eigenvalue weighted by atomic mass is 10.5. The summed E-state index contributed by atoms with van der Waals surface area (Å²) in [5.41, 5.74) is 0. The van der Waals surface area contributed by atoms with Crippen molar-refractivity contribution in [3.63, 3.8) is 0 Å². The van der Waals surface area contributed by atoms with E-state index < -0.39 is 0 Å². The lowest BCUT2D eigenvalue weighted by Crippen LogP contribution is -2.35. The number of thioether (sulfide) groups is 1. The van der Waals surface area contributed by atoms with Crippen LogP contribution in [0.1, 0.15) is 6.92 Å². The van der Waals surface area contributed by atoms with E-state index in [1.165, 1.54) is 11.6 Å². The molecule has 3 heteroatoms. The Labute approximate surface area is 66.9 Å². The standard InChI is InChI=1S/C7H15NOS/c1-2-10-7-8-3-5-9-6-4-8/h2-7H2,1H3. The molecule has 0 aliphatic carbocycles. The highest BCUT2D eigenvalue weighted by atomic mass is 32.2. The van der Waals surface area contributed by atoms with Crippen molar-refractivity contribution in [1.82, 2.24) is 4.90 Å². The first-order chi connectivity index (χ1) is 4.93. The maximum absolute atomic E-state index is 5.23. The lowest BCUT2D eigenvalue weighted by molar-refractivity contribution is 0.0474. The van der Waals surface area contributed by atoms with E-state index in [0.717, 1.165) is 26.3 Å². The Morgan fingerprint density at radius 1 is 1.40 bits per heavy atom. The summed E-state index contributed by atoms with van der Waals surface area (Å²) in [6.07, 6.45) is 0. The molecule has 1 aliphatic heterocycles. The zero-order valence-electron chi connectivity index (χ0n) is 6.51. The molecule has 0 spiro atoms. The van der Waals surface area contributed by atoms with E-state index in [2.05, 4.69) is 11.8 Å². The van der Waals surface area contributed by atoms with Gasteiger partial charge < -0.3 is 4.74 Å². The predicted octanol–water partition coefficient (Wildman–Crippen LogP) is 1.03. The third-order valence-electron chi connectivity index (χ3n) is 1.58. The molecular formula is C7H15NOS. The number of morpholine rings is 1. The minimum atomic E-state index is 0.921. The van der Waals surface area contributed by atoms with Crippen LogP contribution in [-0.4, -0.2) is 42.8 Å². The minimum Gasteiger partial charge on any atom is -0.379 e. The van der Waals surface area contributed by atoms with Gasteiger partial charge in [-0.1, -0.05) is 6.92 Å². The Bertz CT molecular complexity index is 83.7. The molecule has 0 aromatic heterocycles. The summed E-state index contributed by atoms with van der Waals surface area (Å²) >= 11 is 1.98. The van der Waals surface area contributed by atoms with Crippen LogP contribution >= 0.6 is 11.8 Å². The molecule has 0 atom stereocenters. The summed E-state index contributed by atoms with van der Waals surface area (Å²) in [6.45, 7) is 6.28. The molecule has 0 amide bonds. The van der Waals surface area contributed by atoms with E-state index in [1.807, 2.05) is 11.8 Å². The van der Waals surface area contributed by atoms with Gasteiger partial charge in [-0.15, -0.1) is 11.8 Å². The van der Waals surface area contributed by atoms with Crippen LogP contribution < -0.4 is 0 Å². The zero-order valence-corrected chi connectivity index (χ0v) is 7.32. The Kier molecular flexibility index (Phi) is 4.18. The van der Waals surface area contributed by atoms with Gasteiger partial charge in [0.1, 0.15) is 0 Å². The molecule has 0 aromatic rings. The number of hydrogen-bond donors (Lipinski definition) is 0. The second kappa shape index (κ2) is 4.99. The second-order valence-corrected chi connectivity index (χ2v) is 3.60. The fraction of sp³-hybridized carbons (Fsp3) is 1.00. The van der Waals surface area contributed by atoms with Gasteiger partial charge in [0.15, 0.2) is 0 Å². The molecule has 0 bridgehead atoms. The Morgan fingerprint density at radius 2 is 2.10 bits per heavy atom. The van der Waals surface area contributed by atoms with Crippen molar-refractivity contribution in [3.05, 3.63) is 0 Å². The zero-order chi connectivity index (χ0) is 7.23. The quantitative estimate of drug-likeness (QED) is 0.613. The molecule has 0 unspecified atom stereocenters. The predicted molar refractivity (Wildman–Crippen MR) is 45.4 cm³/mol. The van der Waals surface area contributed by atoms with Crippen molar-refractivity contribution in [2.24, 2.45) is 0 Å². The van der Waals surface area contributed by atoms with Crippen molar-refractivity contribution >= 4 is 11.8 Å². The molecule has 60 valence electrons. The van der Waals surface area contributed by atoms with Gasteiger partial charge in [0, 0.05) is 19.0 Å². The van der Waals surface area contributed by atoms with Crippen molar-refractivity contribution < 1.29 is 4.74 Å². The smallest absolute Gasteiger partial charge is 0.0594 e. The summed E-state index contributed by atoms with van der Waals surface area (Å²) in [5.74, 6) is 2.40. The van der Waals surface area contributed by atoms with E-state index in [1.54, 1.807) is 0 Å². The van der Waals surface area contributed by atoms with Crippen LogP contribution in [0.2, 0.25) is 0 Å². The Morgan fingerprint density at radius 3 is 2.70 bits per heavy atom. The van der Waals surface area contributed by atoms with Gasteiger partial charge in [-0.2, -0.15) is 0 Å². The fourth-order valence-corrected chi connectivity index (χ4v) is 1.65. The van der Waals surface area contributed by atoms with E-state index in [4.69, 9.17) is 4.74 Å². The maximum Gasteiger partial charge on any atom is 0.0594 e. The van der Waals surface area contributed by atoms with Crippen LogP contribution in [0, 0.1) is 0 Å². The van der Waals surface area contributed by atoms with E-state index in [9.17, 15) is 0 Å². The monoisotopic (exact) mass is 161 g/mol. The van der Waals surface area contributed by atoms with Crippen LogP contribution in [0.3, 0.4) is 0 Å². The Hall–Kier alpha value is 0.270. The van der Waals surface area contributed by atoms with Gasteiger partial charge in [0.2, 0.25) is 0 Å². The highest BCUT2D eigenvalue weighted by Crippen LogP contribution is 2.04. The normalized spacial score (nSPS) is 21.3. The number of hydrogen-bond acceptors (Lipinski definition) is 3. The van der Waals surface area contributed by atoms with Crippen molar-refractivity contribution in [3.8, 4) is 0 Å². The highest BCUT2D eigenvalue weighted by molar-refractivity contribution is 7.99. The average Bonchev–Trinajstić information content (AvgIpc) is 2.03. The molecule has 2 nitrogen and oxygen atoms in total. The minimum absolute atomic E-state index is 0.921. The van der Waals surface area contributed by atoms with Crippen LogP contribution in [0.25, 0.3) is 0 Å². The van der Waals surface area contributed by atoms with Crippen LogP contribution in [0.4, 0.5) is 0 Å². The lowest BCUT2D eigenvalue weighted by Gasteiger charge is -2.25. The van der Waals surface area contributed by atoms with E-state index in [0.29, 0.717) is 0 Å². The maximum atomic E-state index is 5.23. The summed E-state index contributed by atoms with van der Waals surface area (Å²) < 4.78 is 5.23. The molecule has 0 radical (unpaired) electrons. The van der Waals surface area contributed by atoms with Gasteiger partial charge in [-0.25, -0.2) is 0 Å².